The average molecular weight is 249 g/mol. The van der Waals surface area contributed by atoms with Crippen LogP contribution in [0.1, 0.15) is 5.56 Å². The van der Waals surface area contributed by atoms with Gasteiger partial charge in [0, 0.05) is 12.6 Å². The minimum atomic E-state index is -0.727. The number of nitrogens with one attached hydrogen (secondary N) is 1. The third-order valence-electron chi connectivity index (χ3n) is 2.53. The topological polar surface area (TPSA) is 77.9 Å². The van der Waals surface area contributed by atoms with Gasteiger partial charge in [-0.1, -0.05) is 12.1 Å². The maximum absolute atomic E-state index is 12.7. The van der Waals surface area contributed by atoms with Crippen molar-refractivity contribution in [1.29, 1.82) is 0 Å². The molecule has 6 heteroatoms. The number of rotatable bonds is 3. The summed E-state index contributed by atoms with van der Waals surface area (Å²) < 4.78 is 13.6. The van der Waals surface area contributed by atoms with Crippen LogP contribution in [-0.4, -0.2) is 9.55 Å². The normalized spacial score (nSPS) is 10.5. The number of halogens is 1. The highest BCUT2D eigenvalue weighted by atomic mass is 19.1. The Morgan fingerprint density at radius 3 is 2.50 bits per heavy atom. The van der Waals surface area contributed by atoms with E-state index in [1.807, 2.05) is 4.98 Å². The lowest BCUT2D eigenvalue weighted by Gasteiger charge is -2.14. The molecule has 0 unspecified atom stereocenters. The fourth-order valence-corrected chi connectivity index (χ4v) is 1.60. The minimum absolute atomic E-state index is 0.139. The molecule has 1 N–H and O–H groups in total. The van der Waals surface area contributed by atoms with Gasteiger partial charge in [0.2, 0.25) is 0 Å². The zero-order chi connectivity index (χ0) is 13.1. The number of aryl methyl sites for hydroxylation is 1. The zero-order valence-electron chi connectivity index (χ0n) is 9.35. The number of aromatic nitrogens is 2. The molecule has 1 aromatic heterocycles. The highest BCUT2D eigenvalue weighted by Crippen LogP contribution is 2.05. The molecule has 2 rings (SSSR count). The van der Waals surface area contributed by atoms with E-state index in [4.69, 9.17) is 0 Å². The molecule has 0 spiro atoms. The molecule has 0 bridgehead atoms. The summed E-state index contributed by atoms with van der Waals surface area (Å²) >= 11 is 0. The first kappa shape index (κ1) is 12.1. The van der Waals surface area contributed by atoms with Crippen molar-refractivity contribution < 1.29 is 9.50 Å². The Kier molecular flexibility index (Phi) is 3.27. The summed E-state index contributed by atoms with van der Waals surface area (Å²) in [6.45, 7) is 0.139. The van der Waals surface area contributed by atoms with Crippen molar-refractivity contribution in [3.8, 4) is 5.88 Å². The van der Waals surface area contributed by atoms with Crippen molar-refractivity contribution in [2.24, 2.45) is 0 Å². The van der Waals surface area contributed by atoms with Gasteiger partial charge in [-0.05, 0) is 30.0 Å². The predicted molar refractivity (Wildman–Crippen MR) is 60.9 cm³/mol. The molecule has 0 saturated heterocycles. The Morgan fingerprint density at radius 1 is 1.22 bits per heavy atom. The van der Waals surface area contributed by atoms with Crippen molar-refractivity contribution in [3.05, 3.63) is 62.6 Å². The van der Waals surface area contributed by atoms with Gasteiger partial charge in [-0.15, -0.1) is 0 Å². The number of H-pyrrole nitrogens is 1. The van der Waals surface area contributed by atoms with Gasteiger partial charge < -0.3 is 9.67 Å². The van der Waals surface area contributed by atoms with Gasteiger partial charge in [-0.25, -0.2) is 9.18 Å². The molecule has 18 heavy (non-hydrogen) atoms. The van der Waals surface area contributed by atoms with E-state index in [1.165, 1.54) is 12.1 Å². The molecular formula is C12H10FN2O3-. The van der Waals surface area contributed by atoms with Crippen LogP contribution in [0.4, 0.5) is 4.39 Å². The van der Waals surface area contributed by atoms with Gasteiger partial charge in [0.1, 0.15) is 5.82 Å². The van der Waals surface area contributed by atoms with Gasteiger partial charge in [-0.3, -0.25) is 9.78 Å². The van der Waals surface area contributed by atoms with E-state index in [-0.39, 0.29) is 12.4 Å². The molecule has 0 saturated carbocycles. The molecule has 5 nitrogen and oxygen atoms in total. The van der Waals surface area contributed by atoms with E-state index in [1.54, 1.807) is 12.1 Å². The summed E-state index contributed by atoms with van der Waals surface area (Å²) in [5.41, 5.74) is -0.633. The first-order valence-corrected chi connectivity index (χ1v) is 5.32. The first-order valence-electron chi connectivity index (χ1n) is 5.32. The van der Waals surface area contributed by atoms with Gasteiger partial charge in [-0.2, -0.15) is 0 Å². The van der Waals surface area contributed by atoms with Crippen LogP contribution in [0.15, 0.2) is 39.9 Å². The van der Waals surface area contributed by atoms with Crippen molar-refractivity contribution in [3.63, 3.8) is 0 Å². The summed E-state index contributed by atoms with van der Waals surface area (Å²) in [7, 11) is 0. The minimum Gasteiger partial charge on any atom is -0.860 e. The Bertz CT molecular complexity index is 658. The van der Waals surface area contributed by atoms with Crippen LogP contribution < -0.4 is 16.4 Å². The fourth-order valence-electron chi connectivity index (χ4n) is 1.60. The van der Waals surface area contributed by atoms with Crippen molar-refractivity contribution >= 4 is 0 Å². The molecule has 0 aliphatic rings. The molecule has 0 atom stereocenters. The molecule has 0 aliphatic heterocycles. The molecule has 1 aromatic carbocycles. The summed E-state index contributed by atoms with van der Waals surface area (Å²) in [5, 5.41) is 11.4. The molecular weight excluding hydrogens is 239 g/mol. The van der Waals surface area contributed by atoms with E-state index >= 15 is 0 Å². The Hall–Kier alpha value is -2.37. The van der Waals surface area contributed by atoms with E-state index in [0.29, 0.717) is 6.42 Å². The number of hydrogen-bond donors (Lipinski definition) is 1. The van der Waals surface area contributed by atoms with Crippen molar-refractivity contribution in [2.75, 3.05) is 0 Å². The Morgan fingerprint density at radius 2 is 1.89 bits per heavy atom. The lowest BCUT2D eigenvalue weighted by Crippen LogP contribution is -2.32. The third-order valence-corrected chi connectivity index (χ3v) is 2.53. The van der Waals surface area contributed by atoms with Crippen LogP contribution in [0, 0.1) is 5.82 Å². The number of aromatic amines is 1. The second-order valence-corrected chi connectivity index (χ2v) is 3.81. The maximum Gasteiger partial charge on any atom is 0.327 e. The smallest absolute Gasteiger partial charge is 0.327 e. The quantitative estimate of drug-likeness (QED) is 0.831. The highest BCUT2D eigenvalue weighted by Gasteiger charge is 2.00. The summed E-state index contributed by atoms with van der Waals surface area (Å²) in [6.07, 6.45) is 0.404. The van der Waals surface area contributed by atoms with Crippen LogP contribution in [-0.2, 0) is 13.0 Å². The lowest BCUT2D eigenvalue weighted by atomic mass is 10.1. The van der Waals surface area contributed by atoms with Crippen LogP contribution in [0.3, 0.4) is 0 Å². The number of hydrogen-bond acceptors (Lipinski definition) is 3. The molecule has 2 aromatic rings. The zero-order valence-corrected chi connectivity index (χ0v) is 9.35. The predicted octanol–water partition coefficient (Wildman–Crippen LogP) is -0.00800. The van der Waals surface area contributed by atoms with Crippen LogP contribution in [0.25, 0.3) is 0 Å². The molecule has 0 fully saturated rings. The van der Waals surface area contributed by atoms with Crippen LogP contribution in [0.2, 0.25) is 0 Å². The highest BCUT2D eigenvalue weighted by molar-refractivity contribution is 5.16. The van der Waals surface area contributed by atoms with Crippen molar-refractivity contribution in [2.45, 2.75) is 13.0 Å². The van der Waals surface area contributed by atoms with Crippen molar-refractivity contribution in [1.82, 2.24) is 9.55 Å². The maximum atomic E-state index is 12.7. The fraction of sp³-hybridized carbons (Fsp3) is 0.167. The SMILES string of the molecule is O=c1cc([O-])n(CCc2ccc(F)cc2)c(=O)[nH]1. The number of nitrogens with zero attached hydrogens (tertiary/aromatic N) is 1. The van der Waals surface area contributed by atoms with E-state index < -0.39 is 17.1 Å². The monoisotopic (exact) mass is 249 g/mol. The van der Waals surface area contributed by atoms with Gasteiger partial charge in [0.05, 0.1) is 0 Å². The summed E-state index contributed by atoms with van der Waals surface area (Å²) in [5.74, 6) is -0.977. The van der Waals surface area contributed by atoms with E-state index in [9.17, 15) is 19.1 Å². The first-order chi connectivity index (χ1) is 8.56. The van der Waals surface area contributed by atoms with E-state index in [0.717, 1.165) is 16.2 Å². The standard InChI is InChI=1S/C12H11FN2O3/c13-9-3-1-8(2-4-9)5-6-15-11(17)7-10(16)14-12(15)18/h1-4,7,17H,5-6H2,(H,14,16,18)/p-1. The summed E-state index contributed by atoms with van der Waals surface area (Å²) in [6, 6.07) is 6.60. The third kappa shape index (κ3) is 2.65. The molecule has 94 valence electrons. The van der Waals surface area contributed by atoms with Gasteiger partial charge >= 0.3 is 5.69 Å². The lowest BCUT2D eigenvalue weighted by molar-refractivity contribution is -0.280. The second kappa shape index (κ2) is 4.87. The summed E-state index contributed by atoms with van der Waals surface area (Å²) in [4.78, 5) is 24.3. The van der Waals surface area contributed by atoms with Gasteiger partial charge in [0.25, 0.3) is 5.56 Å². The number of benzene rings is 1. The van der Waals surface area contributed by atoms with E-state index in [2.05, 4.69) is 0 Å². The van der Waals surface area contributed by atoms with Gasteiger partial charge in [0.15, 0.2) is 0 Å². The largest absolute Gasteiger partial charge is 0.860 e. The molecule has 1 heterocycles. The molecule has 0 amide bonds. The Balaban J connectivity index is 2.18. The Labute approximate surface area is 101 Å². The average Bonchev–Trinajstić information content (AvgIpc) is 2.30. The molecule has 0 radical (unpaired) electrons. The molecule has 0 aliphatic carbocycles. The van der Waals surface area contributed by atoms with Crippen LogP contribution in [0.5, 0.6) is 5.88 Å². The second-order valence-electron chi connectivity index (χ2n) is 3.81. The van der Waals surface area contributed by atoms with Crippen LogP contribution >= 0.6 is 0 Å².